The van der Waals surface area contributed by atoms with Crippen molar-refractivity contribution in [3.8, 4) is 0 Å². The highest BCUT2D eigenvalue weighted by Gasteiger charge is 2.03. The summed E-state index contributed by atoms with van der Waals surface area (Å²) in [5.74, 6) is 1.09. The summed E-state index contributed by atoms with van der Waals surface area (Å²) in [5.41, 5.74) is 1.62. The largest absolute Gasteiger partial charge is 0.478 e. The Morgan fingerprint density at radius 1 is 1.00 bits per heavy atom. The van der Waals surface area contributed by atoms with Crippen LogP contribution in [0.3, 0.4) is 0 Å². The van der Waals surface area contributed by atoms with Crippen molar-refractivity contribution in [3.63, 3.8) is 0 Å². The molecule has 0 saturated carbocycles. The molecule has 0 aliphatic heterocycles. The molecule has 0 saturated heterocycles. The van der Waals surface area contributed by atoms with E-state index >= 15 is 0 Å². The Labute approximate surface area is 127 Å². The summed E-state index contributed by atoms with van der Waals surface area (Å²) >= 11 is 3.51. The SMILES string of the molecule is Cc1ccc(SCCSc2cccc(C(=O)O)c2)cc1. The predicted molar refractivity (Wildman–Crippen MR) is 86.0 cm³/mol. The molecule has 0 fully saturated rings. The molecule has 1 N–H and O–H groups in total. The standard InChI is InChI=1S/C16H16O2S2/c1-12-5-7-14(8-6-12)19-9-10-20-15-4-2-3-13(11-15)16(17)18/h2-8,11H,9-10H2,1H3,(H,17,18). The summed E-state index contributed by atoms with van der Waals surface area (Å²) in [6.07, 6.45) is 0. The Kier molecular flexibility index (Phi) is 5.56. The average Bonchev–Trinajstić information content (AvgIpc) is 2.46. The summed E-state index contributed by atoms with van der Waals surface area (Å²) < 4.78 is 0. The van der Waals surface area contributed by atoms with Gasteiger partial charge in [0.2, 0.25) is 0 Å². The number of hydrogen-bond acceptors (Lipinski definition) is 3. The molecule has 2 rings (SSSR count). The number of carboxylic acids is 1. The van der Waals surface area contributed by atoms with Crippen LogP contribution in [0.15, 0.2) is 58.3 Å². The lowest BCUT2D eigenvalue weighted by Gasteiger charge is -2.04. The Hall–Kier alpha value is -1.39. The van der Waals surface area contributed by atoms with Crippen molar-refractivity contribution >= 4 is 29.5 Å². The minimum Gasteiger partial charge on any atom is -0.478 e. The van der Waals surface area contributed by atoms with Gasteiger partial charge in [0.1, 0.15) is 0 Å². The molecule has 0 amide bonds. The van der Waals surface area contributed by atoms with Crippen LogP contribution in [0, 0.1) is 6.92 Å². The molecule has 0 aromatic heterocycles. The molecule has 4 heteroatoms. The van der Waals surface area contributed by atoms with Gasteiger partial charge in [0.25, 0.3) is 0 Å². The van der Waals surface area contributed by atoms with Crippen LogP contribution < -0.4 is 0 Å². The van der Waals surface area contributed by atoms with Crippen molar-refractivity contribution < 1.29 is 9.90 Å². The third-order valence-electron chi connectivity index (χ3n) is 2.72. The van der Waals surface area contributed by atoms with Crippen LogP contribution in [0.25, 0.3) is 0 Å². The van der Waals surface area contributed by atoms with E-state index in [0.29, 0.717) is 5.56 Å². The minimum absolute atomic E-state index is 0.348. The number of aryl methyl sites for hydroxylation is 1. The summed E-state index contributed by atoms with van der Waals surface area (Å²) in [4.78, 5) is 13.2. The lowest BCUT2D eigenvalue weighted by Crippen LogP contribution is -1.95. The van der Waals surface area contributed by atoms with Crippen molar-refractivity contribution in [1.29, 1.82) is 0 Å². The maximum atomic E-state index is 10.9. The van der Waals surface area contributed by atoms with E-state index < -0.39 is 5.97 Å². The minimum atomic E-state index is -0.874. The first kappa shape index (κ1) is 15.0. The van der Waals surface area contributed by atoms with Gasteiger partial charge in [-0.2, -0.15) is 0 Å². The molecule has 0 aliphatic rings. The Morgan fingerprint density at radius 2 is 1.65 bits per heavy atom. The lowest BCUT2D eigenvalue weighted by atomic mass is 10.2. The van der Waals surface area contributed by atoms with E-state index in [1.807, 2.05) is 17.8 Å². The van der Waals surface area contributed by atoms with E-state index in [4.69, 9.17) is 5.11 Å². The quantitative estimate of drug-likeness (QED) is 0.626. The fourth-order valence-corrected chi connectivity index (χ4v) is 3.52. The van der Waals surface area contributed by atoms with Gasteiger partial charge in [-0.1, -0.05) is 23.8 Å². The van der Waals surface area contributed by atoms with E-state index in [0.717, 1.165) is 16.4 Å². The average molecular weight is 304 g/mol. The van der Waals surface area contributed by atoms with Crippen LogP contribution in [-0.2, 0) is 0 Å². The third kappa shape index (κ3) is 4.62. The molecule has 0 radical (unpaired) electrons. The Morgan fingerprint density at radius 3 is 2.30 bits per heavy atom. The van der Waals surface area contributed by atoms with Crippen molar-refractivity contribution in [1.82, 2.24) is 0 Å². The number of benzene rings is 2. The van der Waals surface area contributed by atoms with Gasteiger partial charge in [0, 0.05) is 21.3 Å². The normalized spacial score (nSPS) is 10.4. The fourth-order valence-electron chi connectivity index (χ4n) is 1.67. The molecule has 0 spiro atoms. The zero-order valence-corrected chi connectivity index (χ0v) is 12.8. The molecular formula is C16H16O2S2. The first-order valence-electron chi connectivity index (χ1n) is 6.31. The maximum absolute atomic E-state index is 10.9. The molecule has 0 aliphatic carbocycles. The predicted octanol–water partition coefficient (Wildman–Crippen LogP) is 4.58. The van der Waals surface area contributed by atoms with Crippen LogP contribution in [-0.4, -0.2) is 22.6 Å². The molecule has 2 aromatic rings. The van der Waals surface area contributed by atoms with Gasteiger partial charge in [0.05, 0.1) is 5.56 Å². The van der Waals surface area contributed by atoms with Crippen molar-refractivity contribution in [2.24, 2.45) is 0 Å². The van der Waals surface area contributed by atoms with Gasteiger partial charge >= 0.3 is 5.97 Å². The van der Waals surface area contributed by atoms with Crippen LogP contribution in [0.5, 0.6) is 0 Å². The second-order valence-electron chi connectivity index (χ2n) is 4.34. The summed E-state index contributed by atoms with van der Waals surface area (Å²) in [6, 6.07) is 15.6. The van der Waals surface area contributed by atoms with Crippen molar-refractivity contribution in [2.75, 3.05) is 11.5 Å². The summed E-state index contributed by atoms with van der Waals surface area (Å²) in [7, 11) is 0. The maximum Gasteiger partial charge on any atom is 0.335 e. The molecule has 104 valence electrons. The highest BCUT2D eigenvalue weighted by Crippen LogP contribution is 2.24. The number of thioether (sulfide) groups is 2. The van der Waals surface area contributed by atoms with E-state index in [2.05, 4.69) is 31.2 Å². The van der Waals surface area contributed by atoms with Crippen LogP contribution in [0.1, 0.15) is 15.9 Å². The van der Waals surface area contributed by atoms with Crippen LogP contribution in [0.4, 0.5) is 0 Å². The van der Waals surface area contributed by atoms with Crippen molar-refractivity contribution in [3.05, 3.63) is 59.7 Å². The van der Waals surface area contributed by atoms with E-state index in [1.54, 1.807) is 30.0 Å². The van der Waals surface area contributed by atoms with Crippen LogP contribution >= 0.6 is 23.5 Å². The van der Waals surface area contributed by atoms with Gasteiger partial charge in [-0.05, 0) is 37.3 Å². The van der Waals surface area contributed by atoms with Gasteiger partial charge in [-0.15, -0.1) is 23.5 Å². The lowest BCUT2D eigenvalue weighted by molar-refractivity contribution is 0.0696. The second kappa shape index (κ2) is 7.41. The molecule has 20 heavy (non-hydrogen) atoms. The van der Waals surface area contributed by atoms with E-state index in [1.165, 1.54) is 10.5 Å². The number of carboxylic acid groups (broad SMARTS) is 1. The number of aromatic carboxylic acids is 1. The van der Waals surface area contributed by atoms with Crippen LogP contribution in [0.2, 0.25) is 0 Å². The fraction of sp³-hybridized carbons (Fsp3) is 0.188. The Bertz CT molecular complexity index is 579. The molecule has 0 atom stereocenters. The number of rotatable bonds is 6. The van der Waals surface area contributed by atoms with Gasteiger partial charge in [-0.25, -0.2) is 4.79 Å². The molecule has 0 heterocycles. The molecular weight excluding hydrogens is 288 g/mol. The van der Waals surface area contributed by atoms with Gasteiger partial charge in [-0.3, -0.25) is 0 Å². The third-order valence-corrected chi connectivity index (χ3v) is 4.99. The van der Waals surface area contributed by atoms with Gasteiger partial charge in [0.15, 0.2) is 0 Å². The smallest absolute Gasteiger partial charge is 0.335 e. The molecule has 0 unspecified atom stereocenters. The zero-order chi connectivity index (χ0) is 14.4. The summed E-state index contributed by atoms with van der Waals surface area (Å²) in [5, 5.41) is 8.94. The first-order chi connectivity index (χ1) is 9.65. The summed E-state index contributed by atoms with van der Waals surface area (Å²) in [6.45, 7) is 2.08. The topological polar surface area (TPSA) is 37.3 Å². The monoisotopic (exact) mass is 304 g/mol. The molecule has 2 nitrogen and oxygen atoms in total. The first-order valence-corrected chi connectivity index (χ1v) is 8.28. The second-order valence-corrected chi connectivity index (χ2v) is 6.68. The zero-order valence-electron chi connectivity index (χ0n) is 11.2. The van der Waals surface area contributed by atoms with Crippen molar-refractivity contribution in [2.45, 2.75) is 16.7 Å². The number of carbonyl (C=O) groups is 1. The highest BCUT2D eigenvalue weighted by molar-refractivity contribution is 8.03. The highest BCUT2D eigenvalue weighted by atomic mass is 32.2. The molecule has 2 aromatic carbocycles. The Balaban J connectivity index is 1.79. The van der Waals surface area contributed by atoms with Gasteiger partial charge < -0.3 is 5.11 Å². The molecule has 0 bridgehead atoms. The van der Waals surface area contributed by atoms with E-state index in [9.17, 15) is 4.79 Å². The van der Waals surface area contributed by atoms with E-state index in [-0.39, 0.29) is 0 Å². The number of hydrogen-bond donors (Lipinski definition) is 1.